The van der Waals surface area contributed by atoms with Gasteiger partial charge in [-0.15, -0.1) is 11.3 Å². The zero-order valence-corrected chi connectivity index (χ0v) is 22.2. The van der Waals surface area contributed by atoms with Crippen LogP contribution in [0.25, 0.3) is 10.8 Å². The average molecular weight is 552 g/mol. The van der Waals surface area contributed by atoms with Crippen LogP contribution in [0.15, 0.2) is 81.4 Å². The molecule has 0 radical (unpaired) electrons. The van der Waals surface area contributed by atoms with Crippen molar-refractivity contribution in [2.45, 2.75) is 30.6 Å². The number of thiophene rings is 1. The number of ether oxygens (including phenoxy) is 1. The minimum Gasteiger partial charge on any atom is -0.479 e. The standard InChI is InChI=1S/C27H25N3O6S2/c1-3-23(27(32)33)36-24-13-11-18-7-4-5-8-19(18)21(24)16-28-29-26(31)20-15-17(2)10-12-22(20)30-38(34,35)25-9-6-14-37-25/h4-16,23,30H,3H2,1-2H3,(H,29,31)(H,32,33). The second-order valence-electron chi connectivity index (χ2n) is 8.34. The Bertz CT molecular complexity index is 1620. The molecule has 0 aliphatic heterocycles. The number of carboxylic acid groups (broad SMARTS) is 1. The average Bonchev–Trinajstić information content (AvgIpc) is 3.45. The maximum absolute atomic E-state index is 13.1. The molecule has 0 spiro atoms. The van der Waals surface area contributed by atoms with E-state index in [4.69, 9.17) is 4.74 Å². The van der Waals surface area contributed by atoms with Gasteiger partial charge in [0.1, 0.15) is 9.96 Å². The predicted octanol–water partition coefficient (Wildman–Crippen LogP) is 5.02. The van der Waals surface area contributed by atoms with E-state index >= 15 is 0 Å². The number of fused-ring (bicyclic) bond motifs is 1. The highest BCUT2D eigenvalue weighted by Crippen LogP contribution is 2.28. The normalized spacial score (nSPS) is 12.4. The van der Waals surface area contributed by atoms with Crippen molar-refractivity contribution in [1.29, 1.82) is 0 Å². The number of carbonyl (C=O) groups excluding carboxylic acids is 1. The highest BCUT2D eigenvalue weighted by Gasteiger charge is 2.21. The quantitative estimate of drug-likeness (QED) is 0.187. The van der Waals surface area contributed by atoms with Crippen molar-refractivity contribution >= 4 is 55.9 Å². The van der Waals surface area contributed by atoms with Gasteiger partial charge in [-0.1, -0.05) is 55.0 Å². The highest BCUT2D eigenvalue weighted by molar-refractivity contribution is 7.94. The molecule has 0 fully saturated rings. The molecule has 11 heteroatoms. The molecular weight excluding hydrogens is 526 g/mol. The van der Waals surface area contributed by atoms with Crippen molar-refractivity contribution < 1.29 is 27.9 Å². The lowest BCUT2D eigenvalue weighted by Gasteiger charge is -2.16. The second-order valence-corrected chi connectivity index (χ2v) is 11.2. The first-order chi connectivity index (χ1) is 18.2. The van der Waals surface area contributed by atoms with Crippen molar-refractivity contribution in [3.63, 3.8) is 0 Å². The van der Waals surface area contributed by atoms with Gasteiger partial charge in [0.2, 0.25) is 0 Å². The van der Waals surface area contributed by atoms with Crippen LogP contribution in [0, 0.1) is 6.92 Å². The fourth-order valence-electron chi connectivity index (χ4n) is 3.74. The molecule has 1 heterocycles. The minimum absolute atomic E-state index is 0.0913. The molecule has 3 aromatic carbocycles. The summed E-state index contributed by atoms with van der Waals surface area (Å²) in [5, 5.41) is 16.8. The van der Waals surface area contributed by atoms with Crippen molar-refractivity contribution in [2.75, 3.05) is 4.72 Å². The second kappa shape index (κ2) is 11.4. The van der Waals surface area contributed by atoms with Crippen LogP contribution in [0.2, 0.25) is 0 Å². The summed E-state index contributed by atoms with van der Waals surface area (Å²) in [6.45, 7) is 3.49. The number of benzene rings is 3. The van der Waals surface area contributed by atoms with Gasteiger partial charge in [0.05, 0.1) is 17.5 Å². The number of hydrogen-bond donors (Lipinski definition) is 3. The summed E-state index contributed by atoms with van der Waals surface area (Å²) < 4.78 is 33.8. The lowest BCUT2D eigenvalue weighted by molar-refractivity contribution is -0.145. The van der Waals surface area contributed by atoms with E-state index in [9.17, 15) is 23.1 Å². The van der Waals surface area contributed by atoms with Gasteiger partial charge < -0.3 is 9.84 Å². The van der Waals surface area contributed by atoms with E-state index in [-0.39, 0.29) is 21.9 Å². The Hall–Kier alpha value is -4.22. The predicted molar refractivity (Wildman–Crippen MR) is 148 cm³/mol. The summed E-state index contributed by atoms with van der Waals surface area (Å²) >= 11 is 1.06. The number of hydrogen-bond acceptors (Lipinski definition) is 7. The van der Waals surface area contributed by atoms with Crippen LogP contribution < -0.4 is 14.9 Å². The van der Waals surface area contributed by atoms with Gasteiger partial charge >= 0.3 is 5.97 Å². The van der Waals surface area contributed by atoms with E-state index in [0.717, 1.165) is 27.7 Å². The summed E-state index contributed by atoms with van der Waals surface area (Å²) in [6, 6.07) is 18.8. The molecule has 4 aromatic rings. The summed E-state index contributed by atoms with van der Waals surface area (Å²) in [5.74, 6) is -1.42. The van der Waals surface area contributed by atoms with E-state index < -0.39 is 28.0 Å². The van der Waals surface area contributed by atoms with E-state index in [1.54, 1.807) is 43.5 Å². The number of aliphatic carboxylic acids is 1. The number of nitrogens with one attached hydrogen (secondary N) is 2. The first-order valence-corrected chi connectivity index (χ1v) is 14.0. The van der Waals surface area contributed by atoms with Crippen molar-refractivity contribution in [1.82, 2.24) is 5.43 Å². The van der Waals surface area contributed by atoms with E-state index in [2.05, 4.69) is 15.2 Å². The summed E-state index contributed by atoms with van der Waals surface area (Å²) in [7, 11) is -3.87. The number of amides is 1. The number of carboxylic acids is 1. The molecule has 1 unspecified atom stereocenters. The van der Waals surface area contributed by atoms with Gasteiger partial charge in [-0.3, -0.25) is 9.52 Å². The van der Waals surface area contributed by atoms with Crippen LogP contribution in [0.1, 0.15) is 34.8 Å². The molecule has 1 aromatic heterocycles. The molecule has 0 bridgehead atoms. The van der Waals surface area contributed by atoms with Crippen LogP contribution in [-0.4, -0.2) is 37.7 Å². The molecule has 0 aliphatic rings. The molecule has 3 N–H and O–H groups in total. The van der Waals surface area contributed by atoms with Gasteiger partial charge in [0.25, 0.3) is 15.9 Å². The molecule has 1 atom stereocenters. The third-order valence-corrected chi connectivity index (χ3v) is 8.39. The number of nitrogens with zero attached hydrogens (tertiary/aromatic N) is 1. The molecule has 9 nitrogen and oxygen atoms in total. The Morgan fingerprint density at radius 1 is 1.11 bits per heavy atom. The number of carbonyl (C=O) groups is 2. The summed E-state index contributed by atoms with van der Waals surface area (Å²) in [5.41, 5.74) is 3.89. The molecule has 1 amide bonds. The fraction of sp³-hybridized carbons (Fsp3) is 0.148. The molecule has 38 heavy (non-hydrogen) atoms. The van der Waals surface area contributed by atoms with Gasteiger partial charge in [-0.2, -0.15) is 5.10 Å². The van der Waals surface area contributed by atoms with Crippen molar-refractivity contribution in [3.8, 4) is 5.75 Å². The lowest BCUT2D eigenvalue weighted by atomic mass is 10.0. The number of hydrazone groups is 1. The van der Waals surface area contributed by atoms with E-state index in [1.165, 1.54) is 18.3 Å². The van der Waals surface area contributed by atoms with Crippen LogP contribution in [0.3, 0.4) is 0 Å². The Morgan fingerprint density at radius 3 is 2.61 bits per heavy atom. The van der Waals surface area contributed by atoms with Gasteiger partial charge in [0.15, 0.2) is 6.10 Å². The molecule has 0 saturated heterocycles. The van der Waals surface area contributed by atoms with Gasteiger partial charge in [-0.25, -0.2) is 18.6 Å². The maximum Gasteiger partial charge on any atom is 0.344 e. The van der Waals surface area contributed by atoms with Crippen LogP contribution in [0.4, 0.5) is 5.69 Å². The first kappa shape index (κ1) is 26.8. The zero-order chi connectivity index (χ0) is 27.3. The van der Waals surface area contributed by atoms with Crippen LogP contribution in [-0.2, 0) is 14.8 Å². The third kappa shape index (κ3) is 6.01. The number of rotatable bonds is 10. The number of anilines is 1. The Kier molecular flexibility index (Phi) is 8.08. The number of sulfonamides is 1. The first-order valence-electron chi connectivity index (χ1n) is 11.6. The fourth-order valence-corrected chi connectivity index (χ4v) is 5.81. The smallest absolute Gasteiger partial charge is 0.344 e. The van der Waals surface area contributed by atoms with Gasteiger partial charge in [0, 0.05) is 5.56 Å². The molecular formula is C27H25N3O6S2. The SMILES string of the molecule is CCC(Oc1ccc2ccccc2c1C=NNC(=O)c1cc(C)ccc1NS(=O)(=O)c1cccs1)C(=O)O. The van der Waals surface area contributed by atoms with E-state index in [1.807, 2.05) is 30.3 Å². The molecule has 0 aliphatic carbocycles. The largest absolute Gasteiger partial charge is 0.479 e. The zero-order valence-electron chi connectivity index (χ0n) is 20.5. The lowest BCUT2D eigenvalue weighted by Crippen LogP contribution is -2.26. The Balaban J connectivity index is 1.63. The molecule has 0 saturated carbocycles. The summed E-state index contributed by atoms with van der Waals surface area (Å²) in [4.78, 5) is 24.6. The van der Waals surface area contributed by atoms with Crippen molar-refractivity contribution in [2.24, 2.45) is 5.10 Å². The monoisotopic (exact) mass is 551 g/mol. The van der Waals surface area contributed by atoms with E-state index in [0.29, 0.717) is 11.3 Å². The van der Waals surface area contributed by atoms with Crippen LogP contribution in [0.5, 0.6) is 5.75 Å². The highest BCUT2D eigenvalue weighted by atomic mass is 32.2. The molecule has 196 valence electrons. The topological polar surface area (TPSA) is 134 Å². The Labute approximate surface area is 223 Å². The Morgan fingerprint density at radius 2 is 1.89 bits per heavy atom. The number of aryl methyl sites for hydroxylation is 1. The minimum atomic E-state index is -3.87. The van der Waals surface area contributed by atoms with Crippen LogP contribution >= 0.6 is 11.3 Å². The maximum atomic E-state index is 13.1. The van der Waals surface area contributed by atoms with Crippen molar-refractivity contribution in [3.05, 3.63) is 88.8 Å². The summed E-state index contributed by atoms with van der Waals surface area (Å²) in [6.07, 6.45) is 0.590. The molecule has 4 rings (SSSR count). The third-order valence-electron chi connectivity index (χ3n) is 5.63. The van der Waals surface area contributed by atoms with Gasteiger partial charge in [-0.05, 0) is 53.8 Å².